The second-order valence-corrected chi connectivity index (χ2v) is 10.4. The second kappa shape index (κ2) is 9.50. The standard InChI is InChI=1S/C25H24ClF3N2O2S/c1-2-31(34(32,33)22-10-5-7-19(15-22)25(27,28)29)21-9-6-8-20(16-21)30-14-13-18(17-30)23-11-3-4-12-24(23)26/h3-12,15-16,18H,2,13-14,17H2,1H3. The highest BCUT2D eigenvalue weighted by molar-refractivity contribution is 7.92. The number of sulfonamides is 1. The molecule has 1 aliphatic heterocycles. The summed E-state index contributed by atoms with van der Waals surface area (Å²) in [4.78, 5) is 1.77. The zero-order valence-corrected chi connectivity index (χ0v) is 20.0. The zero-order valence-electron chi connectivity index (χ0n) is 18.5. The molecular formula is C25H24ClF3N2O2S. The van der Waals surface area contributed by atoms with Crippen molar-refractivity contribution in [1.82, 2.24) is 0 Å². The molecule has 3 aromatic carbocycles. The van der Waals surface area contributed by atoms with Crippen LogP contribution in [0.5, 0.6) is 0 Å². The molecule has 1 unspecified atom stereocenters. The molecule has 4 nitrogen and oxygen atoms in total. The van der Waals surface area contributed by atoms with Gasteiger partial charge in [0, 0.05) is 36.3 Å². The fraction of sp³-hybridized carbons (Fsp3) is 0.280. The van der Waals surface area contributed by atoms with Crippen LogP contribution in [0.3, 0.4) is 0 Å². The Bertz CT molecular complexity index is 1280. The van der Waals surface area contributed by atoms with Crippen LogP contribution in [0, 0.1) is 0 Å². The number of hydrogen-bond acceptors (Lipinski definition) is 3. The minimum atomic E-state index is -4.63. The van der Waals surface area contributed by atoms with Crippen LogP contribution in [-0.2, 0) is 16.2 Å². The van der Waals surface area contributed by atoms with E-state index >= 15 is 0 Å². The summed E-state index contributed by atoms with van der Waals surface area (Å²) in [7, 11) is -4.19. The maximum Gasteiger partial charge on any atom is 0.416 e. The van der Waals surface area contributed by atoms with Crippen molar-refractivity contribution in [2.75, 3.05) is 28.8 Å². The first-order valence-corrected chi connectivity index (χ1v) is 12.7. The van der Waals surface area contributed by atoms with E-state index in [2.05, 4.69) is 4.90 Å². The Labute approximate surface area is 202 Å². The molecule has 1 atom stereocenters. The molecule has 4 rings (SSSR count). The first kappa shape index (κ1) is 24.4. The molecule has 0 aliphatic carbocycles. The van der Waals surface area contributed by atoms with Crippen molar-refractivity contribution in [1.29, 1.82) is 0 Å². The fourth-order valence-corrected chi connectivity index (χ4v) is 6.15. The summed E-state index contributed by atoms with van der Waals surface area (Å²) in [6.07, 6.45) is -3.72. The Morgan fingerprint density at radius 3 is 2.47 bits per heavy atom. The fourth-order valence-electron chi connectivity index (χ4n) is 4.35. The van der Waals surface area contributed by atoms with Crippen molar-refractivity contribution in [2.45, 2.75) is 30.3 Å². The van der Waals surface area contributed by atoms with Gasteiger partial charge in [-0.15, -0.1) is 0 Å². The van der Waals surface area contributed by atoms with Crippen molar-refractivity contribution in [3.05, 3.63) is 88.9 Å². The summed E-state index contributed by atoms with van der Waals surface area (Å²) in [6.45, 7) is 3.25. The van der Waals surface area contributed by atoms with Gasteiger partial charge in [-0.3, -0.25) is 4.31 Å². The van der Waals surface area contributed by atoms with Crippen molar-refractivity contribution in [2.24, 2.45) is 0 Å². The van der Waals surface area contributed by atoms with Gasteiger partial charge in [-0.1, -0.05) is 41.9 Å². The molecule has 1 saturated heterocycles. The highest BCUT2D eigenvalue weighted by Crippen LogP contribution is 2.36. The summed E-state index contributed by atoms with van der Waals surface area (Å²) >= 11 is 6.37. The molecule has 0 N–H and O–H groups in total. The lowest BCUT2D eigenvalue weighted by Crippen LogP contribution is -2.31. The highest BCUT2D eigenvalue weighted by atomic mass is 35.5. The summed E-state index contributed by atoms with van der Waals surface area (Å²) in [6, 6.07) is 18.7. The molecule has 0 amide bonds. The van der Waals surface area contributed by atoms with Crippen molar-refractivity contribution >= 4 is 33.0 Å². The molecule has 0 bridgehead atoms. The maximum absolute atomic E-state index is 13.3. The third kappa shape index (κ3) is 4.88. The number of hydrogen-bond donors (Lipinski definition) is 0. The van der Waals surface area contributed by atoms with E-state index in [0.717, 1.165) is 52.2 Å². The lowest BCUT2D eigenvalue weighted by atomic mass is 9.98. The average molecular weight is 509 g/mol. The van der Waals surface area contributed by atoms with E-state index in [1.54, 1.807) is 25.1 Å². The number of anilines is 2. The van der Waals surface area contributed by atoms with E-state index in [0.29, 0.717) is 11.8 Å². The summed E-state index contributed by atoms with van der Waals surface area (Å²) < 4.78 is 67.1. The van der Waals surface area contributed by atoms with E-state index in [-0.39, 0.29) is 12.5 Å². The summed E-state index contributed by atoms with van der Waals surface area (Å²) in [5.74, 6) is 0.258. The van der Waals surface area contributed by atoms with Gasteiger partial charge in [0.25, 0.3) is 10.0 Å². The van der Waals surface area contributed by atoms with Gasteiger partial charge in [-0.2, -0.15) is 13.2 Å². The molecule has 0 saturated carbocycles. The predicted molar refractivity (Wildman–Crippen MR) is 129 cm³/mol. The van der Waals surface area contributed by atoms with Crippen LogP contribution >= 0.6 is 11.6 Å². The highest BCUT2D eigenvalue weighted by Gasteiger charge is 2.33. The first-order valence-electron chi connectivity index (χ1n) is 10.9. The second-order valence-electron chi connectivity index (χ2n) is 8.17. The largest absolute Gasteiger partial charge is 0.416 e. The lowest BCUT2D eigenvalue weighted by Gasteiger charge is -2.26. The van der Waals surface area contributed by atoms with Crippen LogP contribution in [-0.4, -0.2) is 28.1 Å². The molecule has 0 spiro atoms. The van der Waals surface area contributed by atoms with Gasteiger partial charge in [-0.25, -0.2) is 8.42 Å². The first-order chi connectivity index (χ1) is 16.1. The molecule has 34 heavy (non-hydrogen) atoms. The Hall–Kier alpha value is -2.71. The average Bonchev–Trinajstić information content (AvgIpc) is 3.30. The van der Waals surface area contributed by atoms with Crippen LogP contribution in [0.25, 0.3) is 0 Å². The van der Waals surface area contributed by atoms with Gasteiger partial charge in [0.15, 0.2) is 0 Å². The van der Waals surface area contributed by atoms with Crippen LogP contribution < -0.4 is 9.21 Å². The molecular weight excluding hydrogens is 485 g/mol. The lowest BCUT2D eigenvalue weighted by molar-refractivity contribution is -0.137. The number of nitrogens with zero attached hydrogens (tertiary/aromatic N) is 2. The van der Waals surface area contributed by atoms with E-state index in [1.807, 2.05) is 30.3 Å². The molecule has 0 aromatic heterocycles. The summed E-state index contributed by atoms with van der Waals surface area (Å²) in [5, 5.41) is 0.729. The number of rotatable bonds is 6. The van der Waals surface area contributed by atoms with Gasteiger partial charge in [0.2, 0.25) is 0 Å². The van der Waals surface area contributed by atoms with E-state index in [1.165, 1.54) is 6.07 Å². The van der Waals surface area contributed by atoms with Gasteiger partial charge >= 0.3 is 6.18 Å². The van der Waals surface area contributed by atoms with Crippen LogP contribution in [0.4, 0.5) is 24.5 Å². The molecule has 3 aromatic rings. The smallest absolute Gasteiger partial charge is 0.371 e. The Kier molecular flexibility index (Phi) is 6.82. The van der Waals surface area contributed by atoms with Gasteiger partial charge in [-0.05, 0) is 61.4 Å². The van der Waals surface area contributed by atoms with Gasteiger partial charge in [0.05, 0.1) is 16.1 Å². The predicted octanol–water partition coefficient (Wildman–Crippen LogP) is 6.57. The molecule has 9 heteroatoms. The quantitative estimate of drug-likeness (QED) is 0.378. The van der Waals surface area contributed by atoms with Gasteiger partial charge in [0.1, 0.15) is 0 Å². The molecule has 180 valence electrons. The zero-order chi connectivity index (χ0) is 24.5. The summed E-state index contributed by atoms with van der Waals surface area (Å²) in [5.41, 5.74) is 1.34. The molecule has 1 aliphatic rings. The van der Waals surface area contributed by atoms with Crippen LogP contribution in [0.15, 0.2) is 77.7 Å². The van der Waals surface area contributed by atoms with E-state index < -0.39 is 26.7 Å². The van der Waals surface area contributed by atoms with Crippen molar-refractivity contribution in [3.63, 3.8) is 0 Å². The number of benzene rings is 3. The molecule has 1 fully saturated rings. The third-order valence-electron chi connectivity index (χ3n) is 6.05. The Balaban J connectivity index is 1.61. The Morgan fingerprint density at radius 2 is 1.76 bits per heavy atom. The third-order valence-corrected chi connectivity index (χ3v) is 8.30. The SMILES string of the molecule is CCN(c1cccc(N2CCC(c3ccccc3Cl)C2)c1)S(=O)(=O)c1cccc(C(F)(F)F)c1. The minimum absolute atomic E-state index is 0.0737. The minimum Gasteiger partial charge on any atom is -0.371 e. The van der Waals surface area contributed by atoms with Crippen molar-refractivity contribution < 1.29 is 21.6 Å². The van der Waals surface area contributed by atoms with E-state index in [9.17, 15) is 21.6 Å². The monoisotopic (exact) mass is 508 g/mol. The number of halogens is 4. The van der Waals surface area contributed by atoms with E-state index in [4.69, 9.17) is 11.6 Å². The van der Waals surface area contributed by atoms with Crippen LogP contribution in [0.1, 0.15) is 30.4 Å². The molecule has 1 heterocycles. The normalized spacial score (nSPS) is 16.6. The van der Waals surface area contributed by atoms with Gasteiger partial charge < -0.3 is 4.90 Å². The topological polar surface area (TPSA) is 40.6 Å². The van der Waals surface area contributed by atoms with Crippen molar-refractivity contribution in [3.8, 4) is 0 Å². The molecule has 0 radical (unpaired) electrons. The number of alkyl halides is 3. The maximum atomic E-state index is 13.3. The Morgan fingerprint density at radius 1 is 1.03 bits per heavy atom. The van der Waals surface area contributed by atoms with Crippen LogP contribution in [0.2, 0.25) is 5.02 Å².